The molecule has 20 heavy (non-hydrogen) atoms. The molecule has 0 aliphatic carbocycles. The molecule has 0 unspecified atom stereocenters. The van der Waals surface area contributed by atoms with Crippen molar-refractivity contribution in [1.82, 2.24) is 14.6 Å². The van der Waals surface area contributed by atoms with Gasteiger partial charge in [0, 0.05) is 38.8 Å². The summed E-state index contributed by atoms with van der Waals surface area (Å²) in [4.78, 5) is 15.6. The van der Waals surface area contributed by atoms with Gasteiger partial charge in [0.25, 0.3) is 0 Å². The highest BCUT2D eigenvalue weighted by Crippen LogP contribution is 2.06. The predicted octanol–water partition coefficient (Wildman–Crippen LogP) is -0.355. The van der Waals surface area contributed by atoms with Gasteiger partial charge in [-0.05, 0) is 12.1 Å². The van der Waals surface area contributed by atoms with Crippen molar-refractivity contribution in [3.63, 3.8) is 0 Å². The number of carbonyl (C=O) groups is 1. The molecule has 0 spiro atoms. The lowest BCUT2D eigenvalue weighted by molar-refractivity contribution is -0.115. The average Bonchev–Trinajstić information content (AvgIpc) is 2.47. The number of hydrogen-bond donors (Lipinski definition) is 2. The second kappa shape index (κ2) is 6.78. The molecule has 0 bridgehead atoms. The van der Waals surface area contributed by atoms with E-state index >= 15 is 0 Å². The predicted molar refractivity (Wildman–Crippen MR) is 75.7 cm³/mol. The fourth-order valence-corrected chi connectivity index (χ4v) is 3.36. The monoisotopic (exact) mass is 298 g/mol. The van der Waals surface area contributed by atoms with E-state index in [1.807, 2.05) is 0 Å². The zero-order chi connectivity index (χ0) is 14.4. The lowest BCUT2D eigenvalue weighted by atomic mass is 10.4. The Labute approximate surface area is 118 Å². The molecule has 1 aliphatic heterocycles. The number of aromatic nitrogens is 1. The Morgan fingerprint density at radius 2 is 2.10 bits per heavy atom. The molecular weight excluding hydrogens is 280 g/mol. The van der Waals surface area contributed by atoms with Crippen LogP contribution in [0.1, 0.15) is 6.42 Å². The minimum atomic E-state index is -3.36. The van der Waals surface area contributed by atoms with Crippen LogP contribution in [0.3, 0.4) is 0 Å². The van der Waals surface area contributed by atoms with Gasteiger partial charge in [0.15, 0.2) is 0 Å². The number of carbonyl (C=O) groups excluding carboxylic acids is 1. The summed E-state index contributed by atoms with van der Waals surface area (Å²) in [6.45, 7) is 2.23. The minimum Gasteiger partial charge on any atom is -0.314 e. The van der Waals surface area contributed by atoms with Crippen LogP contribution in [0, 0.1) is 0 Å². The molecule has 0 aromatic carbocycles. The molecule has 1 fully saturated rings. The third kappa shape index (κ3) is 4.26. The number of pyridine rings is 1. The molecule has 0 atom stereocenters. The third-order valence-electron chi connectivity index (χ3n) is 2.99. The number of rotatable bonds is 5. The summed E-state index contributed by atoms with van der Waals surface area (Å²) in [5.74, 6) is -0.0921. The van der Waals surface area contributed by atoms with Gasteiger partial charge >= 0.3 is 0 Å². The Kier molecular flexibility index (Phi) is 5.05. The maximum Gasteiger partial charge on any atom is 0.226 e. The first-order valence-corrected chi connectivity index (χ1v) is 8.08. The van der Waals surface area contributed by atoms with E-state index in [1.54, 1.807) is 24.4 Å². The van der Waals surface area contributed by atoms with Crippen LogP contribution >= 0.6 is 0 Å². The highest BCUT2D eigenvalue weighted by molar-refractivity contribution is 7.89. The van der Waals surface area contributed by atoms with E-state index in [4.69, 9.17) is 0 Å². The summed E-state index contributed by atoms with van der Waals surface area (Å²) in [6.07, 6.45) is 1.50. The molecule has 2 heterocycles. The molecule has 1 aromatic rings. The number of sulfonamides is 1. The van der Waals surface area contributed by atoms with E-state index in [1.165, 1.54) is 4.31 Å². The van der Waals surface area contributed by atoms with Crippen molar-refractivity contribution in [2.24, 2.45) is 0 Å². The van der Waals surface area contributed by atoms with Crippen molar-refractivity contribution in [2.45, 2.75) is 6.42 Å². The summed E-state index contributed by atoms with van der Waals surface area (Å²) in [7, 11) is -3.36. The Hall–Kier alpha value is -1.51. The molecule has 2 rings (SSSR count). The van der Waals surface area contributed by atoms with Crippen molar-refractivity contribution in [2.75, 3.05) is 37.2 Å². The van der Waals surface area contributed by atoms with Crippen molar-refractivity contribution < 1.29 is 13.2 Å². The van der Waals surface area contributed by atoms with Gasteiger partial charge in [-0.15, -0.1) is 0 Å². The number of piperazine rings is 1. The van der Waals surface area contributed by atoms with Crippen LogP contribution < -0.4 is 10.6 Å². The first kappa shape index (κ1) is 14.9. The van der Waals surface area contributed by atoms with Gasteiger partial charge in [-0.25, -0.2) is 13.4 Å². The summed E-state index contributed by atoms with van der Waals surface area (Å²) in [6, 6.07) is 5.15. The van der Waals surface area contributed by atoms with Crippen LogP contribution in [0.5, 0.6) is 0 Å². The normalized spacial score (nSPS) is 16.8. The number of nitrogens with zero attached hydrogens (tertiary/aromatic N) is 2. The topological polar surface area (TPSA) is 91.4 Å². The van der Waals surface area contributed by atoms with Crippen LogP contribution in [0.4, 0.5) is 5.82 Å². The van der Waals surface area contributed by atoms with E-state index in [2.05, 4.69) is 15.6 Å². The van der Waals surface area contributed by atoms with Gasteiger partial charge in [0.1, 0.15) is 5.82 Å². The quantitative estimate of drug-likeness (QED) is 0.775. The fraction of sp³-hybridized carbons (Fsp3) is 0.500. The van der Waals surface area contributed by atoms with Crippen molar-refractivity contribution in [3.05, 3.63) is 24.4 Å². The summed E-state index contributed by atoms with van der Waals surface area (Å²) < 4.78 is 25.5. The van der Waals surface area contributed by atoms with Gasteiger partial charge in [-0.1, -0.05) is 6.07 Å². The second-order valence-electron chi connectivity index (χ2n) is 4.48. The molecule has 1 aromatic heterocycles. The summed E-state index contributed by atoms with van der Waals surface area (Å²) >= 11 is 0. The van der Waals surface area contributed by atoms with Gasteiger partial charge in [0.05, 0.1) is 5.75 Å². The molecule has 2 N–H and O–H groups in total. The van der Waals surface area contributed by atoms with Crippen LogP contribution in [-0.2, 0) is 14.8 Å². The van der Waals surface area contributed by atoms with Crippen molar-refractivity contribution in [3.8, 4) is 0 Å². The zero-order valence-electron chi connectivity index (χ0n) is 11.1. The highest BCUT2D eigenvalue weighted by atomic mass is 32.2. The summed E-state index contributed by atoms with van der Waals surface area (Å²) in [5.41, 5.74) is 0. The number of hydrogen-bond acceptors (Lipinski definition) is 5. The third-order valence-corrected chi connectivity index (χ3v) is 4.86. The standard InChI is InChI=1S/C12H18N4O3S/c17-12(15-11-3-1-2-5-14-11)4-10-20(18,19)16-8-6-13-7-9-16/h1-3,5,13H,4,6-10H2,(H,14,15,17). The number of anilines is 1. The summed E-state index contributed by atoms with van der Waals surface area (Å²) in [5, 5.41) is 5.66. The molecule has 1 aliphatic rings. The Morgan fingerprint density at radius 1 is 1.35 bits per heavy atom. The fourth-order valence-electron chi connectivity index (χ4n) is 1.92. The molecule has 7 nitrogen and oxygen atoms in total. The molecule has 8 heteroatoms. The second-order valence-corrected chi connectivity index (χ2v) is 6.57. The first-order chi connectivity index (χ1) is 9.58. The molecule has 1 saturated heterocycles. The average molecular weight is 298 g/mol. The Balaban J connectivity index is 1.83. The van der Waals surface area contributed by atoms with Gasteiger partial charge < -0.3 is 10.6 Å². The minimum absolute atomic E-state index is 0.0666. The van der Waals surface area contributed by atoms with E-state index in [9.17, 15) is 13.2 Å². The van der Waals surface area contributed by atoms with Gasteiger partial charge in [-0.2, -0.15) is 4.31 Å². The van der Waals surface area contributed by atoms with E-state index in [0.29, 0.717) is 32.0 Å². The maximum absolute atomic E-state index is 12.0. The van der Waals surface area contributed by atoms with E-state index in [-0.39, 0.29) is 18.1 Å². The van der Waals surface area contributed by atoms with E-state index < -0.39 is 10.0 Å². The smallest absolute Gasteiger partial charge is 0.226 e. The zero-order valence-corrected chi connectivity index (χ0v) is 11.9. The SMILES string of the molecule is O=C(CCS(=O)(=O)N1CCNCC1)Nc1ccccn1. The Morgan fingerprint density at radius 3 is 2.75 bits per heavy atom. The molecule has 0 saturated carbocycles. The van der Waals surface area contributed by atoms with Crippen molar-refractivity contribution >= 4 is 21.7 Å². The number of amides is 1. The van der Waals surface area contributed by atoms with E-state index in [0.717, 1.165) is 0 Å². The lowest BCUT2D eigenvalue weighted by Crippen LogP contribution is -2.47. The van der Waals surface area contributed by atoms with Crippen LogP contribution in [0.2, 0.25) is 0 Å². The maximum atomic E-state index is 12.0. The molecule has 0 radical (unpaired) electrons. The van der Waals surface area contributed by atoms with Crippen molar-refractivity contribution in [1.29, 1.82) is 0 Å². The molecule has 1 amide bonds. The van der Waals surface area contributed by atoms with Gasteiger partial charge in [-0.3, -0.25) is 4.79 Å². The first-order valence-electron chi connectivity index (χ1n) is 6.47. The number of nitrogens with one attached hydrogen (secondary N) is 2. The van der Waals surface area contributed by atoms with Crippen LogP contribution in [0.25, 0.3) is 0 Å². The van der Waals surface area contributed by atoms with Crippen LogP contribution in [0.15, 0.2) is 24.4 Å². The largest absolute Gasteiger partial charge is 0.314 e. The molecular formula is C12H18N4O3S. The lowest BCUT2D eigenvalue weighted by Gasteiger charge is -2.26. The van der Waals surface area contributed by atoms with Gasteiger partial charge in [0.2, 0.25) is 15.9 Å². The highest BCUT2D eigenvalue weighted by Gasteiger charge is 2.24. The van der Waals surface area contributed by atoms with Crippen LogP contribution in [-0.4, -0.2) is 55.5 Å². The Bertz CT molecular complexity index is 541. The molecule has 110 valence electrons.